The van der Waals surface area contributed by atoms with Crippen molar-refractivity contribution in [2.24, 2.45) is 0 Å². The predicted molar refractivity (Wildman–Crippen MR) is 343 cm³/mol. The van der Waals surface area contributed by atoms with Crippen LogP contribution in [0.2, 0.25) is 0 Å². The van der Waals surface area contributed by atoms with Crippen LogP contribution in [-0.4, -0.2) is 57.0 Å². The fourth-order valence-electron chi connectivity index (χ4n) is 9.03. The van der Waals surface area contributed by atoms with E-state index in [-0.39, 0.29) is 21.8 Å². The van der Waals surface area contributed by atoms with Gasteiger partial charge in [0.15, 0.2) is 49.6 Å². The van der Waals surface area contributed by atoms with Crippen LogP contribution >= 0.6 is 0 Å². The van der Waals surface area contributed by atoms with Gasteiger partial charge in [-0.2, -0.15) is 8.78 Å². The van der Waals surface area contributed by atoms with E-state index in [0.717, 1.165) is 75.1 Å². The fraction of sp³-hybridized carbons (Fsp3) is 0.478. The number of hydrogen-bond donors (Lipinski definition) is 0. The molecule has 6 rings (SSSR count). The minimum absolute atomic E-state index is 0.167. The summed E-state index contributed by atoms with van der Waals surface area (Å²) in [5.41, 5.74) is 0. The van der Waals surface area contributed by atoms with E-state index in [9.17, 15) is 34.7 Å². The molecule has 0 aromatic heterocycles. The van der Waals surface area contributed by atoms with Gasteiger partial charge in [0.05, 0.1) is 48.2 Å². The molecular weight excluding hydrogens is 1160 g/mol. The Balaban J connectivity index is 0.000000310. The fourth-order valence-corrected chi connectivity index (χ4v) is 14.2. The Morgan fingerprint density at radius 1 is 0.306 bits per heavy atom. The van der Waals surface area contributed by atoms with Crippen molar-refractivity contribution in [1.82, 2.24) is 0 Å². The number of ether oxygens (including phenoxy) is 4. The topological polar surface area (TPSA) is 151 Å². The molecule has 0 aliphatic rings. The van der Waals surface area contributed by atoms with Crippen molar-refractivity contribution in [1.29, 1.82) is 0 Å². The molecule has 0 unspecified atom stereocenters. The molecule has 0 aliphatic carbocycles. The third-order valence-electron chi connectivity index (χ3n) is 13.8. The Morgan fingerprint density at radius 2 is 0.494 bits per heavy atom. The molecule has 0 saturated heterocycles. The Labute approximate surface area is 515 Å². The molecule has 0 atom stereocenters. The van der Waals surface area contributed by atoms with Crippen molar-refractivity contribution in [3.05, 3.63) is 158 Å². The van der Waals surface area contributed by atoms with Crippen molar-refractivity contribution in [2.75, 3.05) is 26.4 Å². The second kappa shape index (κ2) is 41.9. The zero-order valence-corrected chi connectivity index (χ0v) is 54.0. The summed E-state index contributed by atoms with van der Waals surface area (Å²) in [6.07, 6.45) is 30.8. The van der Waals surface area contributed by atoms with E-state index in [4.69, 9.17) is 18.9 Å². The van der Waals surface area contributed by atoms with Crippen molar-refractivity contribution in [3.8, 4) is 23.0 Å². The smallest absolute Gasteiger partial charge is 0.422 e. The summed E-state index contributed by atoms with van der Waals surface area (Å²) in [5, 5.41) is 0. The van der Waals surface area contributed by atoms with Gasteiger partial charge in [-0.05, 0) is 147 Å². The van der Waals surface area contributed by atoms with Crippen LogP contribution in [-0.2, 0) is 42.0 Å². The second-order valence-corrected chi connectivity index (χ2v) is 28.1. The van der Waals surface area contributed by atoms with Gasteiger partial charge in [-0.25, -0.2) is 16.8 Å². The first-order valence-corrected chi connectivity index (χ1v) is 36.2. The molecule has 0 heterocycles. The van der Waals surface area contributed by atoms with E-state index in [1.165, 1.54) is 158 Å². The van der Waals surface area contributed by atoms with Gasteiger partial charge in [0.25, 0.3) is 0 Å². The molecule has 0 amide bonds. The summed E-state index contributed by atoms with van der Waals surface area (Å²) in [6, 6.07) is 56.5. The van der Waals surface area contributed by atoms with Crippen LogP contribution in [0.25, 0.3) is 0 Å². The van der Waals surface area contributed by atoms with Gasteiger partial charge >= 0.3 is 4.59 Å². The highest BCUT2D eigenvalue weighted by Gasteiger charge is 2.45. The lowest BCUT2D eigenvalue weighted by atomic mass is 10.1. The van der Waals surface area contributed by atoms with Gasteiger partial charge in [0, 0.05) is 0 Å². The van der Waals surface area contributed by atoms with Gasteiger partial charge < -0.3 is 28.1 Å². The second-order valence-electron chi connectivity index (χ2n) is 21.0. The SMILES string of the molecule is CCCCCCCCOc1ccc([S+](c2ccccc2)c2ccc(OCCCCCCCC)cc2)cc1.CCCCCCCCOc1ccc([S+](c2ccccc2)c2ccc(OCCCCCCCC)cc2)cc1.O=S(=O)([O-])C(F)(F)S(=O)(=O)[O-]. The van der Waals surface area contributed by atoms with Crippen molar-refractivity contribution in [3.63, 3.8) is 0 Å². The lowest BCUT2D eigenvalue weighted by Gasteiger charge is -2.21. The van der Waals surface area contributed by atoms with E-state index in [1.54, 1.807) is 0 Å². The van der Waals surface area contributed by atoms with E-state index in [2.05, 4.69) is 185 Å². The molecule has 0 bridgehead atoms. The van der Waals surface area contributed by atoms with Crippen LogP contribution in [0.15, 0.2) is 187 Å². The molecule has 0 aliphatic heterocycles. The lowest BCUT2D eigenvalue weighted by molar-refractivity contribution is 0.150. The monoisotopic (exact) mass is 1250 g/mol. The van der Waals surface area contributed by atoms with Crippen molar-refractivity contribution >= 4 is 42.0 Å². The van der Waals surface area contributed by atoms with Crippen molar-refractivity contribution in [2.45, 2.75) is 216 Å². The molecular formula is C69H94F2O10S4. The highest BCUT2D eigenvalue weighted by atomic mass is 32.3. The largest absolute Gasteiger partial charge is 0.743 e. The Kier molecular flexibility index (Phi) is 35.7. The van der Waals surface area contributed by atoms with Crippen LogP contribution < -0.4 is 18.9 Å². The first-order chi connectivity index (χ1) is 41.1. The average molecular weight is 1250 g/mol. The zero-order valence-electron chi connectivity index (χ0n) is 50.8. The summed E-state index contributed by atoms with van der Waals surface area (Å²) in [5.74, 6) is 3.86. The molecule has 0 N–H and O–H groups in total. The normalized spacial score (nSPS) is 11.6. The van der Waals surface area contributed by atoms with E-state index >= 15 is 0 Å². The lowest BCUT2D eigenvalue weighted by Crippen LogP contribution is -2.37. The molecule has 10 nitrogen and oxygen atoms in total. The van der Waals surface area contributed by atoms with Crippen molar-refractivity contribution < 1.29 is 53.7 Å². The Morgan fingerprint density at radius 3 is 0.682 bits per heavy atom. The number of benzene rings is 6. The van der Waals surface area contributed by atoms with Crippen LogP contribution in [0.1, 0.15) is 182 Å². The molecule has 0 radical (unpaired) electrons. The van der Waals surface area contributed by atoms with Crippen LogP contribution in [0.4, 0.5) is 8.78 Å². The van der Waals surface area contributed by atoms with E-state index < -0.39 is 24.8 Å². The summed E-state index contributed by atoms with van der Waals surface area (Å²) >= 11 is 0. The number of alkyl halides is 2. The minimum Gasteiger partial charge on any atom is -0.743 e. The first kappa shape index (κ1) is 72.4. The highest BCUT2D eigenvalue weighted by Crippen LogP contribution is 2.35. The van der Waals surface area contributed by atoms with Gasteiger partial charge in [-0.15, -0.1) is 0 Å². The maximum Gasteiger partial charge on any atom is 0.422 e. The molecule has 16 heteroatoms. The Bertz CT molecular complexity index is 2540. The summed E-state index contributed by atoms with van der Waals surface area (Å²) in [7, 11) is -13.2. The highest BCUT2D eigenvalue weighted by molar-refractivity contribution is 8.04. The average Bonchev–Trinajstić information content (AvgIpc) is 3.32. The van der Waals surface area contributed by atoms with Gasteiger partial charge in [0.1, 0.15) is 23.0 Å². The van der Waals surface area contributed by atoms with E-state index in [0.29, 0.717) is 0 Å². The molecule has 6 aromatic carbocycles. The van der Waals surface area contributed by atoms with E-state index in [1.807, 2.05) is 0 Å². The maximum absolute atomic E-state index is 11.6. The summed E-state index contributed by atoms with van der Waals surface area (Å²) in [6.45, 7) is 12.3. The summed E-state index contributed by atoms with van der Waals surface area (Å²) < 4.78 is 98.1. The molecule has 0 spiro atoms. The first-order valence-electron chi connectivity index (χ1n) is 30.9. The maximum atomic E-state index is 11.6. The van der Waals surface area contributed by atoms with Crippen LogP contribution in [0.3, 0.4) is 0 Å². The molecule has 85 heavy (non-hydrogen) atoms. The quantitative estimate of drug-likeness (QED) is 0.0206. The predicted octanol–water partition coefficient (Wildman–Crippen LogP) is 19.1. The minimum atomic E-state index is -6.44. The van der Waals surface area contributed by atoms with Crippen LogP contribution in [0, 0.1) is 0 Å². The van der Waals surface area contributed by atoms with Gasteiger partial charge in [-0.3, -0.25) is 0 Å². The molecule has 6 aromatic rings. The number of halogens is 2. The standard InChI is InChI=1S/2C34H47O2S.CH2F2O6S2/c2*1-3-5-7-9-11-16-28-35-30-20-24-33(25-21-30)37(32-18-14-13-15-19-32)34-26-22-31(23-27-34)36-29-17-12-10-8-6-4-2;2-1(3,10(4,5)6)11(7,8)9/h2*13-15,18-27H,3-12,16-17,28-29H2,1-2H3;(H,4,5,6)(H,7,8,9)/q2*+1;/p-2. The van der Waals surface area contributed by atoms with Gasteiger partial charge in [0.2, 0.25) is 0 Å². The molecule has 0 fully saturated rings. The number of hydrogen-bond acceptors (Lipinski definition) is 10. The third-order valence-corrected chi connectivity index (χ3v) is 20.7. The third kappa shape index (κ3) is 28.1. The number of rotatable bonds is 40. The Hall–Kier alpha value is -5.10. The number of unbranched alkanes of at least 4 members (excludes halogenated alkanes) is 20. The molecule has 468 valence electrons. The summed E-state index contributed by atoms with van der Waals surface area (Å²) in [4.78, 5) is 7.86. The molecule has 0 saturated carbocycles. The zero-order chi connectivity index (χ0) is 61.4. The van der Waals surface area contributed by atoms with Crippen LogP contribution in [0.5, 0.6) is 23.0 Å². The van der Waals surface area contributed by atoms with Gasteiger partial charge in [-0.1, -0.05) is 193 Å².